The van der Waals surface area contributed by atoms with Gasteiger partial charge < -0.3 is 4.74 Å². The summed E-state index contributed by atoms with van der Waals surface area (Å²) in [6.07, 6.45) is 1.88. The third-order valence-corrected chi connectivity index (χ3v) is 3.67. The molecule has 4 rings (SSSR count). The molecule has 0 aliphatic carbocycles. The van der Waals surface area contributed by atoms with Gasteiger partial charge in [0.1, 0.15) is 11.4 Å². The molecule has 2 aromatic heterocycles. The molecule has 0 amide bonds. The number of rotatable bonds is 2. The molecule has 0 saturated carbocycles. The molecule has 0 atom stereocenters. The van der Waals surface area contributed by atoms with Gasteiger partial charge in [0, 0.05) is 22.5 Å². The summed E-state index contributed by atoms with van der Waals surface area (Å²) < 4.78 is 5.19. The molecule has 0 saturated heterocycles. The van der Waals surface area contributed by atoms with Crippen LogP contribution in [0, 0.1) is 0 Å². The zero-order chi connectivity index (χ0) is 14.2. The van der Waals surface area contributed by atoms with Gasteiger partial charge in [0.25, 0.3) is 0 Å². The summed E-state index contributed by atoms with van der Waals surface area (Å²) in [6.45, 7) is 0. The van der Waals surface area contributed by atoms with Crippen molar-refractivity contribution >= 4 is 21.8 Å². The molecule has 0 fully saturated rings. The van der Waals surface area contributed by atoms with Crippen molar-refractivity contribution in [3.8, 4) is 17.0 Å². The molecular formula is C17H13N3O. The highest BCUT2D eigenvalue weighted by molar-refractivity contribution is 6.07. The SMILES string of the molecule is COc1ccc(-c2n[nH]c3c2cnc2ccccc23)cc1. The number of aromatic amines is 1. The molecule has 0 radical (unpaired) electrons. The smallest absolute Gasteiger partial charge is 0.118 e. The second-order valence-electron chi connectivity index (χ2n) is 4.86. The van der Waals surface area contributed by atoms with Crippen LogP contribution in [-0.2, 0) is 0 Å². The fraction of sp³-hybridized carbons (Fsp3) is 0.0588. The predicted molar refractivity (Wildman–Crippen MR) is 83.4 cm³/mol. The highest BCUT2D eigenvalue weighted by atomic mass is 16.5. The quantitative estimate of drug-likeness (QED) is 0.605. The van der Waals surface area contributed by atoms with Gasteiger partial charge in [0.2, 0.25) is 0 Å². The minimum Gasteiger partial charge on any atom is -0.497 e. The van der Waals surface area contributed by atoms with Crippen LogP contribution in [-0.4, -0.2) is 22.3 Å². The first-order valence-corrected chi connectivity index (χ1v) is 6.73. The maximum atomic E-state index is 5.19. The molecule has 4 aromatic rings. The predicted octanol–water partition coefficient (Wildman–Crippen LogP) is 3.79. The second kappa shape index (κ2) is 4.59. The van der Waals surface area contributed by atoms with E-state index >= 15 is 0 Å². The van der Waals surface area contributed by atoms with E-state index in [1.165, 1.54) is 0 Å². The van der Waals surface area contributed by atoms with Crippen LogP contribution in [0.15, 0.2) is 54.7 Å². The van der Waals surface area contributed by atoms with E-state index in [9.17, 15) is 0 Å². The number of hydrogen-bond acceptors (Lipinski definition) is 3. The molecule has 2 aromatic carbocycles. The van der Waals surface area contributed by atoms with Gasteiger partial charge in [-0.05, 0) is 30.3 Å². The maximum absolute atomic E-state index is 5.19. The summed E-state index contributed by atoms with van der Waals surface area (Å²) in [5, 5.41) is 9.71. The van der Waals surface area contributed by atoms with Crippen molar-refractivity contribution in [3.63, 3.8) is 0 Å². The largest absolute Gasteiger partial charge is 0.497 e. The van der Waals surface area contributed by atoms with Crippen LogP contribution in [0.5, 0.6) is 5.75 Å². The molecule has 0 spiro atoms. The molecule has 0 bridgehead atoms. The lowest BCUT2D eigenvalue weighted by molar-refractivity contribution is 0.415. The lowest BCUT2D eigenvalue weighted by Gasteiger charge is -2.02. The van der Waals surface area contributed by atoms with E-state index in [1.54, 1.807) is 7.11 Å². The van der Waals surface area contributed by atoms with Gasteiger partial charge in [-0.1, -0.05) is 18.2 Å². The minimum absolute atomic E-state index is 0.835. The Hall–Kier alpha value is -2.88. The van der Waals surface area contributed by atoms with Crippen molar-refractivity contribution in [1.29, 1.82) is 0 Å². The van der Waals surface area contributed by atoms with Crippen LogP contribution in [0.1, 0.15) is 0 Å². The lowest BCUT2D eigenvalue weighted by atomic mass is 10.1. The number of hydrogen-bond donors (Lipinski definition) is 1. The molecule has 1 N–H and O–H groups in total. The molecule has 21 heavy (non-hydrogen) atoms. The first-order chi connectivity index (χ1) is 10.4. The zero-order valence-corrected chi connectivity index (χ0v) is 11.5. The number of nitrogens with one attached hydrogen (secondary N) is 1. The number of para-hydroxylation sites is 1. The Kier molecular flexibility index (Phi) is 2.60. The van der Waals surface area contributed by atoms with E-state index in [0.717, 1.165) is 38.8 Å². The molecule has 4 heteroatoms. The van der Waals surface area contributed by atoms with Crippen LogP contribution < -0.4 is 4.74 Å². The summed E-state index contributed by atoms with van der Waals surface area (Å²) in [6, 6.07) is 15.9. The van der Waals surface area contributed by atoms with Gasteiger partial charge in [0.05, 0.1) is 18.1 Å². The van der Waals surface area contributed by atoms with Crippen molar-refractivity contribution < 1.29 is 4.74 Å². The van der Waals surface area contributed by atoms with Crippen molar-refractivity contribution in [1.82, 2.24) is 15.2 Å². The number of pyridine rings is 1. The average Bonchev–Trinajstić information content (AvgIpc) is 2.99. The van der Waals surface area contributed by atoms with Crippen molar-refractivity contribution in [3.05, 3.63) is 54.7 Å². The summed E-state index contributed by atoms with van der Waals surface area (Å²) in [5.41, 5.74) is 3.94. The number of nitrogens with zero attached hydrogens (tertiary/aromatic N) is 2. The normalized spacial score (nSPS) is 11.1. The van der Waals surface area contributed by atoms with E-state index in [1.807, 2.05) is 48.7 Å². The fourth-order valence-corrected chi connectivity index (χ4v) is 2.58. The lowest BCUT2D eigenvalue weighted by Crippen LogP contribution is -1.84. The Labute approximate surface area is 121 Å². The molecule has 102 valence electrons. The monoisotopic (exact) mass is 275 g/mol. The Morgan fingerprint density at radius 3 is 2.57 bits per heavy atom. The van der Waals surface area contributed by atoms with Crippen LogP contribution >= 0.6 is 0 Å². The van der Waals surface area contributed by atoms with E-state index < -0.39 is 0 Å². The zero-order valence-electron chi connectivity index (χ0n) is 11.5. The minimum atomic E-state index is 0.835. The first-order valence-electron chi connectivity index (χ1n) is 6.73. The van der Waals surface area contributed by atoms with Gasteiger partial charge in [-0.15, -0.1) is 0 Å². The van der Waals surface area contributed by atoms with E-state index in [-0.39, 0.29) is 0 Å². The summed E-state index contributed by atoms with van der Waals surface area (Å²) in [5.74, 6) is 0.835. The van der Waals surface area contributed by atoms with Crippen LogP contribution in [0.4, 0.5) is 0 Å². The van der Waals surface area contributed by atoms with Gasteiger partial charge >= 0.3 is 0 Å². The molecular weight excluding hydrogens is 262 g/mol. The Morgan fingerprint density at radius 1 is 0.952 bits per heavy atom. The number of aromatic nitrogens is 3. The third kappa shape index (κ3) is 1.84. The number of benzene rings is 2. The first kappa shape index (κ1) is 11.9. The summed E-state index contributed by atoms with van der Waals surface area (Å²) >= 11 is 0. The van der Waals surface area contributed by atoms with E-state index in [4.69, 9.17) is 4.74 Å². The molecule has 0 aliphatic heterocycles. The van der Waals surface area contributed by atoms with Gasteiger partial charge in [-0.2, -0.15) is 5.10 Å². The third-order valence-electron chi connectivity index (χ3n) is 3.67. The van der Waals surface area contributed by atoms with Gasteiger partial charge in [0.15, 0.2) is 0 Å². The number of fused-ring (bicyclic) bond motifs is 3. The fourth-order valence-electron chi connectivity index (χ4n) is 2.58. The Bertz CT molecular complexity index is 926. The topological polar surface area (TPSA) is 50.8 Å². The standard InChI is InChI=1S/C17H13N3O/c1-21-12-8-6-11(7-9-12)16-14-10-18-15-5-3-2-4-13(15)17(14)20-19-16/h2-10H,1H3,(H,19,20). The number of ether oxygens (including phenoxy) is 1. The van der Waals surface area contributed by atoms with Gasteiger partial charge in [-0.3, -0.25) is 10.1 Å². The summed E-state index contributed by atoms with van der Waals surface area (Å²) in [4.78, 5) is 4.52. The maximum Gasteiger partial charge on any atom is 0.118 e. The van der Waals surface area contributed by atoms with Crippen molar-refractivity contribution in [2.45, 2.75) is 0 Å². The van der Waals surface area contributed by atoms with Crippen molar-refractivity contribution in [2.75, 3.05) is 7.11 Å². The highest BCUT2D eigenvalue weighted by Crippen LogP contribution is 2.30. The summed E-state index contributed by atoms with van der Waals surface area (Å²) in [7, 11) is 1.66. The van der Waals surface area contributed by atoms with Crippen LogP contribution in [0.25, 0.3) is 33.1 Å². The Morgan fingerprint density at radius 2 is 1.76 bits per heavy atom. The molecule has 0 unspecified atom stereocenters. The van der Waals surface area contributed by atoms with Crippen LogP contribution in [0.2, 0.25) is 0 Å². The van der Waals surface area contributed by atoms with E-state index in [2.05, 4.69) is 21.2 Å². The molecule has 4 nitrogen and oxygen atoms in total. The second-order valence-corrected chi connectivity index (χ2v) is 4.86. The van der Waals surface area contributed by atoms with Crippen LogP contribution in [0.3, 0.4) is 0 Å². The van der Waals surface area contributed by atoms with E-state index in [0.29, 0.717) is 0 Å². The Balaban J connectivity index is 1.95. The number of methoxy groups -OCH3 is 1. The molecule has 0 aliphatic rings. The van der Waals surface area contributed by atoms with Crippen molar-refractivity contribution in [2.24, 2.45) is 0 Å². The molecule has 2 heterocycles. The van der Waals surface area contributed by atoms with Gasteiger partial charge in [-0.25, -0.2) is 0 Å². The average molecular weight is 275 g/mol. The highest BCUT2D eigenvalue weighted by Gasteiger charge is 2.11. The number of H-pyrrole nitrogens is 1.